The Hall–Kier alpha value is -3.23. The molecular weight excluding hydrogens is 390 g/mol. The van der Waals surface area contributed by atoms with Crippen LogP contribution in [0, 0.1) is 0 Å². The number of benzene rings is 2. The molecule has 30 heavy (non-hydrogen) atoms. The zero-order valence-corrected chi connectivity index (χ0v) is 16.6. The van der Waals surface area contributed by atoms with Crippen molar-refractivity contribution in [1.29, 1.82) is 0 Å². The average molecular weight is 413 g/mol. The van der Waals surface area contributed by atoms with Crippen molar-refractivity contribution in [2.75, 3.05) is 46.6 Å². The van der Waals surface area contributed by atoms with E-state index in [1.165, 1.54) is 19.2 Å². The van der Waals surface area contributed by atoms with E-state index >= 15 is 0 Å². The lowest BCUT2D eigenvalue weighted by Gasteiger charge is -2.26. The lowest BCUT2D eigenvalue weighted by molar-refractivity contribution is 0.0321. The van der Waals surface area contributed by atoms with Gasteiger partial charge in [-0.05, 0) is 12.1 Å². The fourth-order valence-electron chi connectivity index (χ4n) is 3.31. The van der Waals surface area contributed by atoms with Gasteiger partial charge in [-0.1, -0.05) is 18.2 Å². The Bertz CT molecular complexity index is 1060. The number of methoxy groups -OCH3 is 1. The van der Waals surface area contributed by atoms with Crippen molar-refractivity contribution in [1.82, 2.24) is 4.90 Å². The lowest BCUT2D eigenvalue weighted by Crippen LogP contribution is -2.38. The molecular formula is C22H23NO7. The van der Waals surface area contributed by atoms with E-state index in [4.69, 9.17) is 23.4 Å². The maximum atomic E-state index is 12.6. The van der Waals surface area contributed by atoms with Crippen LogP contribution in [0.4, 0.5) is 0 Å². The molecule has 1 fully saturated rings. The monoisotopic (exact) mass is 413 g/mol. The van der Waals surface area contributed by atoms with Crippen molar-refractivity contribution in [3.8, 4) is 28.9 Å². The maximum Gasteiger partial charge on any atom is 0.294 e. The predicted octanol–water partition coefficient (Wildman–Crippen LogP) is 3.01. The summed E-state index contributed by atoms with van der Waals surface area (Å²) in [5.41, 5.74) is -0.300. The lowest BCUT2D eigenvalue weighted by atomic mass is 10.2. The third kappa shape index (κ3) is 4.34. The summed E-state index contributed by atoms with van der Waals surface area (Å²) < 4.78 is 27.8. The first kappa shape index (κ1) is 20.1. The Morgan fingerprint density at radius 3 is 2.63 bits per heavy atom. The SMILES string of the molecule is COc1c(OCCN2CCOCC2)cc2oc(Oc3ccccc3)cc(=O)c2c1O. The Morgan fingerprint density at radius 1 is 1.13 bits per heavy atom. The van der Waals surface area contributed by atoms with E-state index < -0.39 is 5.43 Å². The van der Waals surface area contributed by atoms with Gasteiger partial charge in [0.1, 0.15) is 23.3 Å². The summed E-state index contributed by atoms with van der Waals surface area (Å²) in [5, 5.41) is 10.6. The van der Waals surface area contributed by atoms with Crippen LogP contribution in [0.1, 0.15) is 0 Å². The van der Waals surface area contributed by atoms with Crippen LogP contribution in [-0.4, -0.2) is 56.6 Å². The molecule has 0 atom stereocenters. The molecule has 2 heterocycles. The fraction of sp³-hybridized carbons (Fsp3) is 0.318. The normalized spacial score (nSPS) is 14.6. The van der Waals surface area contributed by atoms with E-state index in [1.807, 2.05) is 18.2 Å². The van der Waals surface area contributed by atoms with Gasteiger partial charge in [-0.2, -0.15) is 0 Å². The standard InChI is InChI=1S/C22H23NO7/c1-26-22-18(28-12-9-23-7-10-27-11-8-23)14-17-20(21(22)25)16(24)13-19(30-17)29-15-5-3-2-4-6-15/h2-6,13-14,25H,7-12H2,1H3. The predicted molar refractivity (Wildman–Crippen MR) is 110 cm³/mol. The number of para-hydroxylation sites is 1. The van der Waals surface area contributed by atoms with Gasteiger partial charge in [0.15, 0.2) is 11.5 Å². The average Bonchev–Trinajstić information content (AvgIpc) is 2.75. The molecule has 1 aliphatic heterocycles. The zero-order valence-electron chi connectivity index (χ0n) is 16.6. The third-order valence-electron chi connectivity index (χ3n) is 4.82. The second kappa shape index (κ2) is 9.06. The molecule has 0 radical (unpaired) electrons. The molecule has 0 bridgehead atoms. The Kier molecular flexibility index (Phi) is 6.06. The summed E-state index contributed by atoms with van der Waals surface area (Å²) >= 11 is 0. The van der Waals surface area contributed by atoms with E-state index in [0.717, 1.165) is 13.1 Å². The molecule has 0 saturated carbocycles. The molecule has 2 aromatic carbocycles. The number of hydrogen-bond acceptors (Lipinski definition) is 8. The van der Waals surface area contributed by atoms with Gasteiger partial charge in [-0.25, -0.2) is 0 Å². The Morgan fingerprint density at radius 2 is 1.90 bits per heavy atom. The minimum absolute atomic E-state index is 0.00721. The first-order valence-electron chi connectivity index (χ1n) is 9.69. The number of ether oxygens (including phenoxy) is 4. The number of rotatable bonds is 7. The summed E-state index contributed by atoms with van der Waals surface area (Å²) in [4.78, 5) is 14.8. The molecule has 8 heteroatoms. The molecule has 0 unspecified atom stereocenters. The molecule has 4 rings (SSSR count). The van der Waals surface area contributed by atoms with Crippen molar-refractivity contribution in [3.63, 3.8) is 0 Å². The molecule has 0 amide bonds. The molecule has 0 aliphatic carbocycles. The second-order valence-corrected chi connectivity index (χ2v) is 6.78. The minimum Gasteiger partial charge on any atom is -0.504 e. The highest BCUT2D eigenvalue weighted by Gasteiger charge is 2.20. The van der Waals surface area contributed by atoms with Crippen molar-refractivity contribution in [2.24, 2.45) is 0 Å². The van der Waals surface area contributed by atoms with Crippen LogP contribution in [0.5, 0.6) is 28.9 Å². The van der Waals surface area contributed by atoms with Crippen LogP contribution >= 0.6 is 0 Å². The quantitative estimate of drug-likeness (QED) is 0.632. The number of morpholine rings is 1. The molecule has 158 valence electrons. The van der Waals surface area contributed by atoms with E-state index in [-0.39, 0.29) is 34.2 Å². The topological polar surface area (TPSA) is 90.6 Å². The molecule has 0 spiro atoms. The van der Waals surface area contributed by atoms with Gasteiger partial charge in [-0.3, -0.25) is 9.69 Å². The molecule has 1 aromatic heterocycles. The number of nitrogens with zero attached hydrogens (tertiary/aromatic N) is 1. The highest BCUT2D eigenvalue weighted by molar-refractivity contribution is 5.88. The van der Waals surface area contributed by atoms with Crippen LogP contribution in [0.15, 0.2) is 51.7 Å². The Balaban J connectivity index is 1.61. The number of phenolic OH excluding ortho intramolecular Hbond substituents is 1. The van der Waals surface area contributed by atoms with E-state index in [2.05, 4.69) is 4.90 Å². The second-order valence-electron chi connectivity index (χ2n) is 6.78. The first-order chi connectivity index (χ1) is 14.7. The minimum atomic E-state index is -0.446. The summed E-state index contributed by atoms with van der Waals surface area (Å²) in [7, 11) is 1.41. The largest absolute Gasteiger partial charge is 0.504 e. The van der Waals surface area contributed by atoms with Crippen LogP contribution < -0.4 is 19.6 Å². The molecule has 1 aliphatic rings. The van der Waals surface area contributed by atoms with Gasteiger partial charge < -0.3 is 28.5 Å². The maximum absolute atomic E-state index is 12.6. The zero-order chi connectivity index (χ0) is 20.9. The molecule has 1 N–H and O–H groups in total. The van der Waals surface area contributed by atoms with Gasteiger partial charge in [-0.15, -0.1) is 0 Å². The number of fused-ring (bicyclic) bond motifs is 1. The Labute approximate surface area is 173 Å². The van der Waals surface area contributed by atoms with Gasteiger partial charge in [0.25, 0.3) is 5.95 Å². The van der Waals surface area contributed by atoms with Crippen LogP contribution in [-0.2, 0) is 4.74 Å². The van der Waals surface area contributed by atoms with Crippen molar-refractivity contribution in [3.05, 3.63) is 52.7 Å². The number of phenols is 1. The van der Waals surface area contributed by atoms with E-state index in [9.17, 15) is 9.90 Å². The highest BCUT2D eigenvalue weighted by atomic mass is 16.6. The van der Waals surface area contributed by atoms with E-state index in [1.54, 1.807) is 12.1 Å². The van der Waals surface area contributed by atoms with Crippen LogP contribution in [0.2, 0.25) is 0 Å². The highest BCUT2D eigenvalue weighted by Crippen LogP contribution is 2.42. The van der Waals surface area contributed by atoms with Crippen molar-refractivity contribution >= 4 is 11.0 Å². The van der Waals surface area contributed by atoms with Crippen LogP contribution in [0.25, 0.3) is 11.0 Å². The van der Waals surface area contributed by atoms with Gasteiger partial charge in [0.05, 0.1) is 26.4 Å². The summed E-state index contributed by atoms with van der Waals surface area (Å²) in [6.45, 7) is 4.18. The van der Waals surface area contributed by atoms with Gasteiger partial charge >= 0.3 is 0 Å². The molecule has 1 saturated heterocycles. The molecule has 3 aromatic rings. The summed E-state index contributed by atoms with van der Waals surface area (Å²) in [5.74, 6) is 0.600. The third-order valence-corrected chi connectivity index (χ3v) is 4.82. The summed E-state index contributed by atoms with van der Waals surface area (Å²) in [6.07, 6.45) is 0. The summed E-state index contributed by atoms with van der Waals surface area (Å²) in [6, 6.07) is 11.7. The smallest absolute Gasteiger partial charge is 0.294 e. The fourth-order valence-corrected chi connectivity index (χ4v) is 3.31. The number of aromatic hydroxyl groups is 1. The van der Waals surface area contributed by atoms with Crippen LogP contribution in [0.3, 0.4) is 0 Å². The van der Waals surface area contributed by atoms with Gasteiger partial charge in [0.2, 0.25) is 11.2 Å². The molecule has 8 nitrogen and oxygen atoms in total. The van der Waals surface area contributed by atoms with Crippen molar-refractivity contribution < 1.29 is 28.5 Å². The number of hydrogen-bond donors (Lipinski definition) is 1. The van der Waals surface area contributed by atoms with E-state index in [0.29, 0.717) is 32.1 Å². The van der Waals surface area contributed by atoms with Gasteiger partial charge in [0, 0.05) is 25.7 Å². The van der Waals surface area contributed by atoms with Crippen molar-refractivity contribution in [2.45, 2.75) is 0 Å². The first-order valence-corrected chi connectivity index (χ1v) is 9.69.